The van der Waals surface area contributed by atoms with Gasteiger partial charge in [0.2, 0.25) is 0 Å². The van der Waals surface area contributed by atoms with Crippen molar-refractivity contribution in [2.24, 2.45) is 5.41 Å². The summed E-state index contributed by atoms with van der Waals surface area (Å²) in [6.45, 7) is 8.01. The number of ether oxygens (including phenoxy) is 1. The molecule has 0 saturated carbocycles. The van der Waals surface area contributed by atoms with Crippen LogP contribution >= 0.6 is 23.4 Å². The zero-order valence-corrected chi connectivity index (χ0v) is 15.1. The monoisotopic (exact) mass is 341 g/mol. The summed E-state index contributed by atoms with van der Waals surface area (Å²) in [4.78, 5) is 12.9. The van der Waals surface area contributed by atoms with Gasteiger partial charge in [0.1, 0.15) is 6.61 Å². The van der Waals surface area contributed by atoms with Crippen molar-refractivity contribution in [1.82, 2.24) is 5.32 Å². The van der Waals surface area contributed by atoms with Crippen molar-refractivity contribution in [3.8, 4) is 0 Å². The number of rotatable bonds is 4. The van der Waals surface area contributed by atoms with Gasteiger partial charge in [0.05, 0.1) is 10.4 Å². The van der Waals surface area contributed by atoms with E-state index in [2.05, 4.69) is 11.4 Å². The van der Waals surface area contributed by atoms with Crippen LogP contribution in [0.5, 0.6) is 0 Å². The third-order valence-corrected chi connectivity index (χ3v) is 5.16. The maximum absolute atomic E-state index is 11.8. The second-order valence-corrected chi connectivity index (χ2v) is 8.01. The quantitative estimate of drug-likeness (QED) is 0.514. The molecule has 1 aliphatic heterocycles. The molecule has 1 aromatic rings. The first kappa shape index (κ1) is 17.6. The number of benzene rings is 1. The molecule has 0 unspecified atom stereocenters. The molecule has 0 aliphatic carbocycles. The number of hydrogen-bond donors (Lipinski definition) is 1. The van der Waals surface area contributed by atoms with Crippen LogP contribution in [0.25, 0.3) is 0 Å². The van der Waals surface area contributed by atoms with Gasteiger partial charge in [-0.05, 0) is 63.9 Å². The average molecular weight is 342 g/mol. The van der Waals surface area contributed by atoms with E-state index in [1.165, 1.54) is 11.1 Å². The number of halogens is 1. The first-order chi connectivity index (χ1) is 10.4. The van der Waals surface area contributed by atoms with Crippen LogP contribution in [0.15, 0.2) is 17.0 Å². The van der Waals surface area contributed by atoms with Gasteiger partial charge in [0, 0.05) is 10.6 Å². The lowest BCUT2D eigenvalue weighted by atomic mass is 9.97. The Labute approximate surface area is 142 Å². The van der Waals surface area contributed by atoms with Crippen LogP contribution in [0.1, 0.15) is 31.9 Å². The minimum absolute atomic E-state index is 0.157. The lowest BCUT2D eigenvalue weighted by Gasteiger charge is -2.17. The molecule has 1 aliphatic rings. The molecule has 5 heteroatoms. The van der Waals surface area contributed by atoms with Crippen LogP contribution < -0.4 is 5.32 Å². The van der Waals surface area contributed by atoms with Gasteiger partial charge in [0.25, 0.3) is 0 Å². The Balaban J connectivity index is 1.97. The summed E-state index contributed by atoms with van der Waals surface area (Å²) >= 11 is 8.07. The van der Waals surface area contributed by atoms with Crippen LogP contribution in [0.4, 0.5) is 0 Å². The van der Waals surface area contributed by atoms with Gasteiger partial charge in [-0.2, -0.15) is 0 Å². The normalized spacial score (nSPS) is 15.1. The summed E-state index contributed by atoms with van der Waals surface area (Å²) in [6, 6.07) is 4.11. The summed E-state index contributed by atoms with van der Waals surface area (Å²) in [7, 11) is 0. The van der Waals surface area contributed by atoms with Crippen molar-refractivity contribution in [2.45, 2.75) is 38.5 Å². The maximum Gasteiger partial charge on any atom is 0.311 e. The fraction of sp³-hybridized carbons (Fsp3) is 0.588. The van der Waals surface area contributed by atoms with E-state index < -0.39 is 5.41 Å². The van der Waals surface area contributed by atoms with Gasteiger partial charge in [0.15, 0.2) is 0 Å². The molecule has 1 heterocycles. The molecule has 0 amide bonds. The zero-order valence-electron chi connectivity index (χ0n) is 13.5. The zero-order chi connectivity index (χ0) is 16.2. The van der Waals surface area contributed by atoms with Crippen molar-refractivity contribution in [3.63, 3.8) is 0 Å². The molecule has 0 aromatic heterocycles. The highest BCUT2D eigenvalue weighted by molar-refractivity contribution is 7.99. The molecule has 0 spiro atoms. The Bertz CT molecular complexity index is 540. The lowest BCUT2D eigenvalue weighted by molar-refractivity contribution is -0.152. The van der Waals surface area contributed by atoms with E-state index >= 15 is 0 Å². The van der Waals surface area contributed by atoms with E-state index in [0.717, 1.165) is 41.6 Å². The number of carbonyl (C=O) groups excluding carboxylic acids is 1. The van der Waals surface area contributed by atoms with Crippen molar-refractivity contribution in [3.05, 3.63) is 28.3 Å². The molecule has 0 saturated heterocycles. The second kappa shape index (κ2) is 7.71. The summed E-state index contributed by atoms with van der Waals surface area (Å²) in [5.74, 6) is 0.570. The van der Waals surface area contributed by atoms with Gasteiger partial charge in [-0.15, -0.1) is 11.8 Å². The second-order valence-electron chi connectivity index (χ2n) is 6.50. The molecule has 0 bridgehead atoms. The Hall–Kier alpha value is -0.710. The Morgan fingerprint density at radius 1 is 1.32 bits per heavy atom. The molecule has 1 N–H and O–H groups in total. The summed E-state index contributed by atoms with van der Waals surface area (Å²) in [5.41, 5.74) is 2.28. The number of hydrogen-bond acceptors (Lipinski definition) is 4. The summed E-state index contributed by atoms with van der Waals surface area (Å²) < 4.78 is 5.32. The lowest BCUT2D eigenvalue weighted by Crippen LogP contribution is -2.23. The van der Waals surface area contributed by atoms with Gasteiger partial charge in [-0.25, -0.2) is 0 Å². The molecule has 0 fully saturated rings. The van der Waals surface area contributed by atoms with Crippen molar-refractivity contribution in [2.75, 3.05) is 25.4 Å². The van der Waals surface area contributed by atoms with E-state index in [1.54, 1.807) is 11.8 Å². The minimum Gasteiger partial charge on any atom is -0.464 e. The van der Waals surface area contributed by atoms with Crippen LogP contribution in [0.3, 0.4) is 0 Å². The standard InChI is InChI=1S/C17H24ClNO2S/c1-17(2,3)16(20)21-10-11-22-15-13-7-9-19-8-6-12(13)4-5-14(15)18/h4-5,19H,6-11H2,1-3H3. The highest BCUT2D eigenvalue weighted by Crippen LogP contribution is 2.34. The Morgan fingerprint density at radius 2 is 2.05 bits per heavy atom. The van der Waals surface area contributed by atoms with E-state index in [9.17, 15) is 4.79 Å². The molecule has 3 nitrogen and oxygen atoms in total. The molecule has 2 rings (SSSR count). The molecular formula is C17H24ClNO2S. The molecule has 122 valence electrons. The van der Waals surface area contributed by atoms with Gasteiger partial charge in [-0.3, -0.25) is 4.79 Å². The average Bonchev–Trinajstić information content (AvgIpc) is 2.69. The van der Waals surface area contributed by atoms with Crippen LogP contribution in [0, 0.1) is 5.41 Å². The van der Waals surface area contributed by atoms with E-state index in [0.29, 0.717) is 6.61 Å². The molecular weight excluding hydrogens is 318 g/mol. The predicted octanol–water partition coefficient (Wildman–Crippen LogP) is 3.71. The summed E-state index contributed by atoms with van der Waals surface area (Å²) in [6.07, 6.45) is 2.04. The number of thioether (sulfide) groups is 1. The number of esters is 1. The van der Waals surface area contributed by atoms with Crippen LogP contribution in [-0.2, 0) is 22.4 Å². The van der Waals surface area contributed by atoms with E-state index in [1.807, 2.05) is 26.8 Å². The minimum atomic E-state index is -0.447. The largest absolute Gasteiger partial charge is 0.464 e. The van der Waals surface area contributed by atoms with Crippen molar-refractivity contribution < 1.29 is 9.53 Å². The molecule has 22 heavy (non-hydrogen) atoms. The summed E-state index contributed by atoms with van der Waals surface area (Å²) in [5, 5.41) is 4.22. The molecule has 0 atom stereocenters. The first-order valence-corrected chi connectivity index (χ1v) is 9.07. The fourth-order valence-corrected chi connectivity index (χ4v) is 3.69. The molecule has 1 aromatic carbocycles. The number of nitrogens with one attached hydrogen (secondary N) is 1. The van der Waals surface area contributed by atoms with Crippen LogP contribution in [0.2, 0.25) is 5.02 Å². The predicted molar refractivity (Wildman–Crippen MR) is 92.9 cm³/mol. The van der Waals surface area contributed by atoms with Crippen molar-refractivity contribution >= 4 is 29.3 Å². The van der Waals surface area contributed by atoms with Crippen molar-refractivity contribution in [1.29, 1.82) is 0 Å². The smallest absolute Gasteiger partial charge is 0.311 e. The highest BCUT2D eigenvalue weighted by atomic mass is 35.5. The third-order valence-electron chi connectivity index (χ3n) is 3.61. The highest BCUT2D eigenvalue weighted by Gasteiger charge is 2.23. The first-order valence-electron chi connectivity index (χ1n) is 7.70. The maximum atomic E-state index is 11.8. The number of fused-ring (bicyclic) bond motifs is 1. The van der Waals surface area contributed by atoms with E-state index in [-0.39, 0.29) is 5.97 Å². The van der Waals surface area contributed by atoms with E-state index in [4.69, 9.17) is 16.3 Å². The van der Waals surface area contributed by atoms with Gasteiger partial charge >= 0.3 is 5.97 Å². The van der Waals surface area contributed by atoms with Gasteiger partial charge < -0.3 is 10.1 Å². The Morgan fingerprint density at radius 3 is 2.77 bits per heavy atom. The Kier molecular flexibility index (Phi) is 6.18. The fourth-order valence-electron chi connectivity index (χ4n) is 2.36. The topological polar surface area (TPSA) is 38.3 Å². The SMILES string of the molecule is CC(C)(C)C(=O)OCCSc1c(Cl)ccc2c1CCNCC2. The van der Waals surface area contributed by atoms with Crippen LogP contribution in [-0.4, -0.2) is 31.4 Å². The van der Waals surface area contributed by atoms with Gasteiger partial charge in [-0.1, -0.05) is 17.7 Å². The number of carbonyl (C=O) groups is 1. The molecule has 0 radical (unpaired) electrons. The third kappa shape index (κ3) is 4.64.